The Morgan fingerprint density at radius 3 is 1.52 bits per heavy atom. The molecule has 1 spiro atoms. The predicted molar refractivity (Wildman–Crippen MR) is 200 cm³/mol. The molecule has 0 aliphatic heterocycles. The molecule has 0 bridgehead atoms. The molecule has 2 aliphatic carbocycles. The molecule has 0 amide bonds. The first kappa shape index (κ1) is 27.3. The summed E-state index contributed by atoms with van der Waals surface area (Å²) in [5, 5.41) is 2.26. The first-order valence-electron chi connectivity index (χ1n) is 16.9. The van der Waals surface area contributed by atoms with Crippen molar-refractivity contribution in [2.45, 2.75) is 5.41 Å². The summed E-state index contributed by atoms with van der Waals surface area (Å²) in [5.74, 6) is 1.94. The SMILES string of the molecule is c1ccc(-c2nc(-c3ccccc3)nc(-c3ccc4c(c3)C3(c5ccccc5-c5ccccc53)c3cc5oc6ccccc6c5cc3-4)n2)cc1. The Kier molecular flexibility index (Phi) is 5.56. The van der Waals surface area contributed by atoms with Crippen molar-refractivity contribution < 1.29 is 4.42 Å². The number of rotatable bonds is 3. The minimum atomic E-state index is -0.543. The Morgan fingerprint density at radius 2 is 0.860 bits per heavy atom. The van der Waals surface area contributed by atoms with Crippen molar-refractivity contribution in [2.24, 2.45) is 0 Å². The highest BCUT2D eigenvalue weighted by Crippen LogP contribution is 2.63. The number of furan rings is 1. The van der Waals surface area contributed by atoms with Crippen molar-refractivity contribution in [3.05, 3.63) is 186 Å². The van der Waals surface area contributed by atoms with Crippen LogP contribution in [0, 0.1) is 0 Å². The summed E-state index contributed by atoms with van der Waals surface area (Å²) >= 11 is 0. The molecule has 2 aromatic heterocycles. The average Bonchev–Trinajstić information content (AvgIpc) is 3.81. The molecule has 9 aromatic rings. The minimum Gasteiger partial charge on any atom is -0.456 e. The molecule has 0 radical (unpaired) electrons. The van der Waals surface area contributed by atoms with E-state index in [1.807, 2.05) is 66.7 Å². The third kappa shape index (κ3) is 3.67. The largest absolute Gasteiger partial charge is 0.456 e. The monoisotopic (exact) mass is 637 g/mol. The van der Waals surface area contributed by atoms with Crippen LogP contribution in [-0.4, -0.2) is 15.0 Å². The summed E-state index contributed by atoms with van der Waals surface area (Å²) in [6.07, 6.45) is 0. The fourth-order valence-corrected chi connectivity index (χ4v) is 8.43. The summed E-state index contributed by atoms with van der Waals surface area (Å²) in [7, 11) is 0. The Bertz CT molecular complexity index is 2720. The van der Waals surface area contributed by atoms with Crippen LogP contribution in [-0.2, 0) is 5.41 Å². The lowest BCUT2D eigenvalue weighted by atomic mass is 9.70. The zero-order chi connectivity index (χ0) is 32.8. The summed E-state index contributed by atoms with van der Waals surface area (Å²) in [6, 6.07) is 57.8. The van der Waals surface area contributed by atoms with Crippen molar-refractivity contribution in [2.75, 3.05) is 0 Å². The zero-order valence-corrected chi connectivity index (χ0v) is 26.8. The van der Waals surface area contributed by atoms with Gasteiger partial charge in [-0.1, -0.05) is 140 Å². The van der Waals surface area contributed by atoms with Crippen LogP contribution >= 0.6 is 0 Å². The molecule has 4 nitrogen and oxygen atoms in total. The quantitative estimate of drug-likeness (QED) is 0.193. The fraction of sp³-hybridized carbons (Fsp3) is 0.0217. The van der Waals surface area contributed by atoms with Gasteiger partial charge in [0.2, 0.25) is 0 Å². The van der Waals surface area contributed by atoms with Crippen molar-refractivity contribution in [3.8, 4) is 56.4 Å². The van der Waals surface area contributed by atoms with E-state index in [-0.39, 0.29) is 0 Å². The van der Waals surface area contributed by atoms with Crippen LogP contribution in [0.2, 0.25) is 0 Å². The number of fused-ring (bicyclic) bond motifs is 13. The lowest BCUT2D eigenvalue weighted by Gasteiger charge is -2.30. The smallest absolute Gasteiger partial charge is 0.164 e. The Balaban J connectivity index is 1.22. The third-order valence-corrected chi connectivity index (χ3v) is 10.5. The molecule has 0 fully saturated rings. The predicted octanol–water partition coefficient (Wildman–Crippen LogP) is 11.1. The number of benzene rings is 7. The molecule has 0 unspecified atom stereocenters. The van der Waals surface area contributed by atoms with Crippen LogP contribution in [0.15, 0.2) is 168 Å². The summed E-state index contributed by atoms with van der Waals surface area (Å²) in [6.45, 7) is 0. The molecular formula is C46H27N3O. The fourth-order valence-electron chi connectivity index (χ4n) is 8.43. The van der Waals surface area contributed by atoms with Gasteiger partial charge in [-0.15, -0.1) is 0 Å². The van der Waals surface area contributed by atoms with E-state index >= 15 is 0 Å². The van der Waals surface area contributed by atoms with E-state index < -0.39 is 5.41 Å². The third-order valence-electron chi connectivity index (χ3n) is 10.5. The van der Waals surface area contributed by atoms with Gasteiger partial charge in [0.15, 0.2) is 17.5 Å². The second kappa shape index (κ2) is 10.2. The van der Waals surface area contributed by atoms with E-state index in [4.69, 9.17) is 19.4 Å². The van der Waals surface area contributed by atoms with Crippen LogP contribution in [0.25, 0.3) is 78.4 Å². The van der Waals surface area contributed by atoms with Gasteiger partial charge in [-0.3, -0.25) is 0 Å². The molecule has 0 saturated carbocycles. The van der Waals surface area contributed by atoms with Crippen LogP contribution in [0.3, 0.4) is 0 Å². The first-order chi connectivity index (χ1) is 24.8. The van der Waals surface area contributed by atoms with E-state index in [0.717, 1.165) is 38.6 Å². The van der Waals surface area contributed by atoms with Gasteiger partial charge in [-0.25, -0.2) is 15.0 Å². The number of aromatic nitrogens is 3. The highest BCUT2D eigenvalue weighted by molar-refractivity contribution is 6.09. The molecule has 2 aliphatic rings. The lowest BCUT2D eigenvalue weighted by molar-refractivity contribution is 0.666. The van der Waals surface area contributed by atoms with E-state index in [0.29, 0.717) is 17.5 Å². The molecule has 11 rings (SSSR count). The Morgan fingerprint density at radius 1 is 0.340 bits per heavy atom. The maximum atomic E-state index is 6.53. The molecule has 0 N–H and O–H groups in total. The number of hydrogen-bond acceptors (Lipinski definition) is 4. The topological polar surface area (TPSA) is 51.8 Å². The second-order valence-electron chi connectivity index (χ2n) is 13.1. The highest BCUT2D eigenvalue weighted by Gasteiger charge is 2.52. The molecule has 0 saturated heterocycles. The van der Waals surface area contributed by atoms with Gasteiger partial charge in [0, 0.05) is 27.5 Å². The van der Waals surface area contributed by atoms with Gasteiger partial charge >= 0.3 is 0 Å². The van der Waals surface area contributed by atoms with Crippen molar-refractivity contribution in [1.82, 2.24) is 15.0 Å². The lowest BCUT2D eigenvalue weighted by Crippen LogP contribution is -2.25. The Labute approximate surface area is 288 Å². The second-order valence-corrected chi connectivity index (χ2v) is 13.1. The average molecular weight is 638 g/mol. The van der Waals surface area contributed by atoms with Gasteiger partial charge in [0.05, 0.1) is 5.41 Å². The van der Waals surface area contributed by atoms with Crippen LogP contribution in [0.4, 0.5) is 0 Å². The van der Waals surface area contributed by atoms with Crippen molar-refractivity contribution in [3.63, 3.8) is 0 Å². The minimum absolute atomic E-state index is 0.543. The van der Waals surface area contributed by atoms with Crippen LogP contribution in [0.1, 0.15) is 22.3 Å². The maximum Gasteiger partial charge on any atom is 0.164 e. The van der Waals surface area contributed by atoms with Gasteiger partial charge < -0.3 is 4.42 Å². The van der Waals surface area contributed by atoms with Gasteiger partial charge in [0.1, 0.15) is 11.2 Å². The van der Waals surface area contributed by atoms with E-state index in [1.165, 1.54) is 44.5 Å². The normalized spacial score (nSPS) is 13.4. The first-order valence-corrected chi connectivity index (χ1v) is 16.9. The summed E-state index contributed by atoms with van der Waals surface area (Å²) in [4.78, 5) is 15.2. The summed E-state index contributed by atoms with van der Waals surface area (Å²) < 4.78 is 6.53. The van der Waals surface area contributed by atoms with E-state index in [1.54, 1.807) is 0 Å². The van der Waals surface area contributed by atoms with Crippen molar-refractivity contribution >= 4 is 21.9 Å². The highest BCUT2D eigenvalue weighted by atomic mass is 16.3. The van der Waals surface area contributed by atoms with Gasteiger partial charge in [-0.2, -0.15) is 0 Å². The zero-order valence-electron chi connectivity index (χ0n) is 26.8. The van der Waals surface area contributed by atoms with Crippen LogP contribution in [0.5, 0.6) is 0 Å². The number of nitrogens with zero attached hydrogens (tertiary/aromatic N) is 3. The summed E-state index contributed by atoms with van der Waals surface area (Å²) in [5.41, 5.74) is 14.1. The molecule has 4 heteroatoms. The molecule has 232 valence electrons. The molecule has 0 atom stereocenters. The maximum absolute atomic E-state index is 6.53. The Hall–Kier alpha value is -6.65. The van der Waals surface area contributed by atoms with Crippen LogP contribution < -0.4 is 0 Å². The number of para-hydroxylation sites is 1. The van der Waals surface area contributed by atoms with E-state index in [9.17, 15) is 0 Å². The molecule has 2 heterocycles. The standard InChI is InChI=1S/C46H27N3O/c1-3-13-28(14-4-1)43-47-44(29-15-5-2-6-16-29)49-45(48-43)30-23-24-33-35-26-36-34-19-9-12-22-41(34)50-42(36)27-40(35)46(39(33)25-30)37-20-10-7-17-31(37)32-18-8-11-21-38(32)46/h1-27H. The van der Waals surface area contributed by atoms with E-state index in [2.05, 4.69) is 97.1 Å². The molecular weight excluding hydrogens is 611 g/mol. The molecule has 7 aromatic carbocycles. The van der Waals surface area contributed by atoms with Crippen molar-refractivity contribution in [1.29, 1.82) is 0 Å². The number of hydrogen-bond donors (Lipinski definition) is 0. The van der Waals surface area contributed by atoms with Gasteiger partial charge in [-0.05, 0) is 68.8 Å². The van der Waals surface area contributed by atoms with Gasteiger partial charge in [0.25, 0.3) is 0 Å². The molecule has 50 heavy (non-hydrogen) atoms.